The van der Waals surface area contributed by atoms with Gasteiger partial charge < -0.3 is 9.47 Å². The molecule has 178 valence electrons. The predicted molar refractivity (Wildman–Crippen MR) is 132 cm³/mol. The number of rotatable bonds is 6. The van der Waals surface area contributed by atoms with Gasteiger partial charge in [0.1, 0.15) is 16.5 Å². The van der Waals surface area contributed by atoms with E-state index in [4.69, 9.17) is 9.47 Å². The molecule has 9 nitrogen and oxygen atoms in total. The number of benzene rings is 3. The number of sulfonamides is 1. The number of ether oxygens (including phenoxy) is 2. The molecular formula is C24H20N4O5S2. The Morgan fingerprint density at radius 1 is 1.03 bits per heavy atom. The van der Waals surface area contributed by atoms with E-state index in [0.29, 0.717) is 16.4 Å². The van der Waals surface area contributed by atoms with Gasteiger partial charge in [-0.15, -0.1) is 10.2 Å². The van der Waals surface area contributed by atoms with Gasteiger partial charge in [-0.1, -0.05) is 41.7 Å². The minimum atomic E-state index is -3.91. The number of fused-ring (bicyclic) bond motifs is 1. The Morgan fingerprint density at radius 2 is 1.74 bits per heavy atom. The molecule has 5 rings (SSSR count). The van der Waals surface area contributed by atoms with Crippen LogP contribution in [-0.4, -0.2) is 44.3 Å². The highest BCUT2D eigenvalue weighted by molar-refractivity contribution is 7.92. The summed E-state index contributed by atoms with van der Waals surface area (Å²) in [6.07, 6.45) is -1.09. The Kier molecular flexibility index (Phi) is 6.10. The van der Waals surface area contributed by atoms with Crippen LogP contribution in [0.4, 0.5) is 10.8 Å². The smallest absolute Gasteiger partial charge is 0.269 e. The third kappa shape index (κ3) is 4.55. The highest BCUT2D eigenvalue weighted by atomic mass is 32.2. The van der Waals surface area contributed by atoms with E-state index in [1.165, 1.54) is 27.8 Å². The zero-order valence-electron chi connectivity index (χ0n) is 18.5. The summed E-state index contributed by atoms with van der Waals surface area (Å²) < 4.78 is 39.0. The number of carbonyl (C=O) groups is 1. The predicted octanol–water partition coefficient (Wildman–Crippen LogP) is 3.81. The summed E-state index contributed by atoms with van der Waals surface area (Å²) in [4.78, 5) is 13.2. The van der Waals surface area contributed by atoms with Gasteiger partial charge in [-0.3, -0.25) is 14.4 Å². The number of hydrogen-bond acceptors (Lipinski definition) is 8. The number of aromatic nitrogens is 2. The zero-order valence-corrected chi connectivity index (χ0v) is 20.1. The fourth-order valence-electron chi connectivity index (χ4n) is 3.60. The molecule has 1 aliphatic heterocycles. The number of nitrogens with zero attached hydrogens (tertiary/aromatic N) is 3. The van der Waals surface area contributed by atoms with Gasteiger partial charge in [-0.25, -0.2) is 8.42 Å². The SMILES string of the molecule is COc1ccc(-c2nnc(NC(=O)C3CN(S(=O)(=O)c4ccccc4)c4ccccc4O3)s2)cc1. The number of carbonyl (C=O) groups excluding carboxylic acids is 1. The number of amides is 1. The number of nitrogens with one attached hydrogen (secondary N) is 1. The van der Waals surface area contributed by atoms with Crippen molar-refractivity contribution in [1.82, 2.24) is 10.2 Å². The molecule has 1 atom stereocenters. The number of para-hydroxylation sites is 2. The molecule has 0 radical (unpaired) electrons. The first kappa shape index (κ1) is 22.8. The molecule has 1 unspecified atom stereocenters. The van der Waals surface area contributed by atoms with Crippen molar-refractivity contribution in [3.8, 4) is 22.1 Å². The molecule has 0 spiro atoms. The molecule has 1 N–H and O–H groups in total. The Balaban J connectivity index is 1.38. The molecule has 1 aromatic heterocycles. The number of methoxy groups -OCH3 is 1. The van der Waals surface area contributed by atoms with Gasteiger partial charge in [-0.05, 0) is 48.5 Å². The zero-order chi connectivity index (χ0) is 24.4. The van der Waals surface area contributed by atoms with Crippen molar-refractivity contribution in [1.29, 1.82) is 0 Å². The topological polar surface area (TPSA) is 111 Å². The summed E-state index contributed by atoms with van der Waals surface area (Å²) in [5.41, 5.74) is 1.20. The fourth-order valence-corrected chi connectivity index (χ4v) is 5.84. The first-order valence-electron chi connectivity index (χ1n) is 10.6. The summed E-state index contributed by atoms with van der Waals surface area (Å²) in [6.45, 7) is -0.190. The second-order valence-corrected chi connectivity index (χ2v) is 10.4. The average Bonchev–Trinajstić information content (AvgIpc) is 3.37. The van der Waals surface area contributed by atoms with Gasteiger partial charge >= 0.3 is 0 Å². The van der Waals surface area contributed by atoms with E-state index >= 15 is 0 Å². The monoisotopic (exact) mass is 508 g/mol. The van der Waals surface area contributed by atoms with Crippen LogP contribution in [0, 0.1) is 0 Å². The molecule has 1 amide bonds. The Morgan fingerprint density at radius 3 is 2.49 bits per heavy atom. The summed E-state index contributed by atoms with van der Waals surface area (Å²) in [6, 6.07) is 22.1. The van der Waals surface area contributed by atoms with Crippen molar-refractivity contribution in [2.75, 3.05) is 23.3 Å². The van der Waals surface area contributed by atoms with Crippen molar-refractivity contribution in [3.63, 3.8) is 0 Å². The van der Waals surface area contributed by atoms with Crippen LogP contribution >= 0.6 is 11.3 Å². The molecule has 1 aliphatic rings. The Labute approximate surface area is 206 Å². The van der Waals surface area contributed by atoms with Crippen molar-refractivity contribution in [3.05, 3.63) is 78.9 Å². The molecule has 35 heavy (non-hydrogen) atoms. The fraction of sp³-hybridized carbons (Fsp3) is 0.125. The molecule has 0 saturated heterocycles. The van der Waals surface area contributed by atoms with Crippen molar-refractivity contribution < 1.29 is 22.7 Å². The Bertz CT molecular complexity index is 1460. The third-order valence-electron chi connectivity index (χ3n) is 5.35. The normalized spacial score (nSPS) is 15.1. The maximum absolute atomic E-state index is 13.4. The lowest BCUT2D eigenvalue weighted by Crippen LogP contribution is -2.48. The first-order chi connectivity index (χ1) is 17.0. The van der Waals surface area contributed by atoms with E-state index in [1.807, 2.05) is 24.3 Å². The summed E-state index contributed by atoms with van der Waals surface area (Å²) in [5.74, 6) is 0.497. The molecule has 0 saturated carbocycles. The molecule has 0 bridgehead atoms. The van der Waals surface area contributed by atoms with E-state index in [9.17, 15) is 13.2 Å². The molecule has 3 aromatic carbocycles. The minimum Gasteiger partial charge on any atom is -0.497 e. The van der Waals surface area contributed by atoms with Gasteiger partial charge in [0.15, 0.2) is 6.10 Å². The molecule has 11 heteroatoms. The maximum Gasteiger partial charge on any atom is 0.269 e. The van der Waals surface area contributed by atoms with Gasteiger partial charge in [0.25, 0.3) is 15.9 Å². The second kappa shape index (κ2) is 9.35. The third-order valence-corrected chi connectivity index (χ3v) is 8.03. The van der Waals surface area contributed by atoms with Crippen LogP contribution in [0.5, 0.6) is 11.5 Å². The van der Waals surface area contributed by atoms with E-state index in [-0.39, 0.29) is 16.6 Å². The lowest BCUT2D eigenvalue weighted by Gasteiger charge is -2.34. The van der Waals surface area contributed by atoms with Gasteiger partial charge in [0.05, 0.1) is 24.2 Å². The van der Waals surface area contributed by atoms with Gasteiger partial charge in [0, 0.05) is 5.56 Å². The largest absolute Gasteiger partial charge is 0.497 e. The van der Waals surface area contributed by atoms with Gasteiger partial charge in [0.2, 0.25) is 5.13 Å². The minimum absolute atomic E-state index is 0.129. The lowest BCUT2D eigenvalue weighted by atomic mass is 10.2. The van der Waals surface area contributed by atoms with E-state index in [1.54, 1.807) is 49.6 Å². The number of hydrogen-bond donors (Lipinski definition) is 1. The lowest BCUT2D eigenvalue weighted by molar-refractivity contribution is -0.122. The van der Waals surface area contributed by atoms with Crippen LogP contribution in [0.25, 0.3) is 10.6 Å². The molecule has 2 heterocycles. The number of anilines is 2. The standard InChI is InChI=1S/C24H20N4O5S2/c1-32-17-13-11-16(12-14-17)23-26-27-24(34-23)25-22(29)21-15-28(19-9-5-6-10-20(19)33-21)35(30,31)18-7-3-2-4-8-18/h2-14,21H,15H2,1H3,(H,25,27,29). The summed E-state index contributed by atoms with van der Waals surface area (Å²) in [7, 11) is -2.33. The van der Waals surface area contributed by atoms with E-state index < -0.39 is 22.0 Å². The summed E-state index contributed by atoms with van der Waals surface area (Å²) >= 11 is 1.20. The molecule has 0 fully saturated rings. The van der Waals surface area contributed by atoms with E-state index in [2.05, 4.69) is 15.5 Å². The molecular weight excluding hydrogens is 488 g/mol. The van der Waals surface area contributed by atoms with Crippen LogP contribution < -0.4 is 19.1 Å². The van der Waals surface area contributed by atoms with Crippen LogP contribution in [0.15, 0.2) is 83.8 Å². The van der Waals surface area contributed by atoms with Gasteiger partial charge in [-0.2, -0.15) is 0 Å². The van der Waals surface area contributed by atoms with Crippen molar-refractivity contribution in [2.45, 2.75) is 11.0 Å². The highest BCUT2D eigenvalue weighted by Gasteiger charge is 2.37. The van der Waals surface area contributed by atoms with Crippen LogP contribution in [-0.2, 0) is 14.8 Å². The second-order valence-electron chi connectivity index (χ2n) is 7.55. The average molecular weight is 509 g/mol. The Hall–Kier alpha value is -3.96. The quantitative estimate of drug-likeness (QED) is 0.422. The van der Waals surface area contributed by atoms with Crippen molar-refractivity contribution in [2.24, 2.45) is 0 Å². The van der Waals surface area contributed by atoms with Crippen LogP contribution in [0.1, 0.15) is 0 Å². The van der Waals surface area contributed by atoms with Crippen LogP contribution in [0.3, 0.4) is 0 Å². The molecule has 0 aliphatic carbocycles. The van der Waals surface area contributed by atoms with E-state index in [0.717, 1.165) is 11.3 Å². The highest BCUT2D eigenvalue weighted by Crippen LogP contribution is 2.37. The van der Waals surface area contributed by atoms with Crippen molar-refractivity contribution >= 4 is 38.1 Å². The first-order valence-corrected chi connectivity index (χ1v) is 12.8. The molecule has 4 aromatic rings. The van der Waals surface area contributed by atoms with Crippen LogP contribution in [0.2, 0.25) is 0 Å². The summed E-state index contributed by atoms with van der Waals surface area (Å²) in [5, 5.41) is 11.8. The maximum atomic E-state index is 13.4.